The minimum Gasteiger partial charge on any atom is -0.270 e. The fourth-order valence-electron chi connectivity index (χ4n) is 3.10. The van der Waals surface area contributed by atoms with E-state index in [1.165, 1.54) is 23.4 Å². The molecular weight excluding hydrogens is 398 g/mol. The van der Waals surface area contributed by atoms with E-state index in [4.69, 9.17) is 0 Å². The van der Waals surface area contributed by atoms with Crippen molar-refractivity contribution in [2.75, 3.05) is 0 Å². The molecule has 4 aromatic rings. The van der Waals surface area contributed by atoms with E-state index in [0.29, 0.717) is 22.3 Å². The highest BCUT2D eigenvalue weighted by Gasteiger charge is 2.19. The first-order valence-electron chi connectivity index (χ1n) is 9.33. The van der Waals surface area contributed by atoms with E-state index in [-0.39, 0.29) is 10.6 Å². The first-order valence-corrected chi connectivity index (χ1v) is 10.3. The Labute approximate surface area is 178 Å². The van der Waals surface area contributed by atoms with E-state index in [0.717, 1.165) is 16.8 Å². The number of nitro benzene ring substituents is 1. The van der Waals surface area contributed by atoms with Crippen LogP contribution in [-0.4, -0.2) is 24.7 Å². The van der Waals surface area contributed by atoms with Crippen LogP contribution in [0.1, 0.15) is 16.7 Å². The minimum absolute atomic E-state index is 0.108. The van der Waals surface area contributed by atoms with Crippen molar-refractivity contribution < 1.29 is 4.92 Å². The van der Waals surface area contributed by atoms with Crippen LogP contribution in [0.15, 0.2) is 72.1 Å². The Bertz CT molecular complexity index is 1210. The van der Waals surface area contributed by atoms with Gasteiger partial charge in [0.2, 0.25) is 0 Å². The lowest BCUT2D eigenvalue weighted by atomic mass is 10.1. The molecule has 0 amide bonds. The van der Waals surface area contributed by atoms with Crippen LogP contribution in [0.3, 0.4) is 0 Å². The Morgan fingerprint density at radius 1 is 1.00 bits per heavy atom. The summed E-state index contributed by atoms with van der Waals surface area (Å²) in [6.45, 7) is 4.13. The van der Waals surface area contributed by atoms with Crippen LogP contribution < -0.4 is 0 Å². The number of hydrogen-bond acceptors (Lipinski definition) is 6. The molecule has 2 aromatic carbocycles. The van der Waals surface area contributed by atoms with Crippen molar-refractivity contribution in [3.63, 3.8) is 0 Å². The van der Waals surface area contributed by atoms with Crippen LogP contribution in [0.2, 0.25) is 0 Å². The van der Waals surface area contributed by atoms with Gasteiger partial charge in [0.15, 0.2) is 11.0 Å². The number of aromatic nitrogens is 4. The Morgan fingerprint density at radius 3 is 2.50 bits per heavy atom. The summed E-state index contributed by atoms with van der Waals surface area (Å²) in [5.74, 6) is 1.11. The number of thioether (sulfide) groups is 1. The first kappa shape index (κ1) is 19.8. The van der Waals surface area contributed by atoms with Crippen LogP contribution >= 0.6 is 11.8 Å². The molecule has 0 atom stereocenters. The largest absolute Gasteiger partial charge is 0.273 e. The third-order valence-corrected chi connectivity index (χ3v) is 5.84. The zero-order valence-electron chi connectivity index (χ0n) is 16.5. The van der Waals surface area contributed by atoms with Gasteiger partial charge in [-0.3, -0.25) is 19.7 Å². The maximum absolute atomic E-state index is 11.3. The van der Waals surface area contributed by atoms with Crippen molar-refractivity contribution in [3.8, 4) is 17.1 Å². The Hall–Kier alpha value is -3.52. The van der Waals surface area contributed by atoms with Crippen molar-refractivity contribution in [2.24, 2.45) is 0 Å². The zero-order chi connectivity index (χ0) is 21.1. The summed E-state index contributed by atoms with van der Waals surface area (Å²) in [7, 11) is 0. The number of hydrogen-bond donors (Lipinski definition) is 0. The van der Waals surface area contributed by atoms with Crippen LogP contribution in [-0.2, 0) is 5.75 Å². The number of rotatable bonds is 6. The van der Waals surface area contributed by atoms with Crippen molar-refractivity contribution in [1.82, 2.24) is 19.7 Å². The minimum atomic E-state index is -0.355. The molecule has 7 nitrogen and oxygen atoms in total. The maximum atomic E-state index is 11.3. The van der Waals surface area contributed by atoms with Gasteiger partial charge in [-0.2, -0.15) is 0 Å². The van der Waals surface area contributed by atoms with Crippen molar-refractivity contribution in [2.45, 2.75) is 24.8 Å². The average Bonchev–Trinajstić information content (AvgIpc) is 3.19. The standard InChI is InChI=1S/C22H19N5O2S/c1-15-7-8-19(13-16(15)2)26-21(17-9-11-23-12-10-17)24-25-22(26)30-14-18-5-3-4-6-20(18)27(28)29/h3-13H,14H2,1-2H3. The molecule has 0 radical (unpaired) electrons. The molecule has 30 heavy (non-hydrogen) atoms. The van der Waals surface area contributed by atoms with Gasteiger partial charge in [-0.05, 0) is 49.2 Å². The second kappa shape index (κ2) is 8.46. The van der Waals surface area contributed by atoms with Crippen LogP contribution in [0.4, 0.5) is 5.69 Å². The zero-order valence-corrected chi connectivity index (χ0v) is 17.3. The summed E-state index contributed by atoms with van der Waals surface area (Å²) >= 11 is 1.42. The molecule has 0 unspecified atom stereocenters. The summed E-state index contributed by atoms with van der Waals surface area (Å²) in [6.07, 6.45) is 3.43. The topological polar surface area (TPSA) is 86.7 Å². The second-order valence-corrected chi connectivity index (χ2v) is 7.76. The van der Waals surface area contributed by atoms with Crippen LogP contribution in [0.5, 0.6) is 0 Å². The molecule has 150 valence electrons. The first-order chi connectivity index (χ1) is 14.5. The quantitative estimate of drug-likeness (QED) is 0.245. The molecule has 8 heteroatoms. The SMILES string of the molecule is Cc1ccc(-n2c(SCc3ccccc3[N+](=O)[O-])nnc2-c2ccncc2)cc1C. The highest BCUT2D eigenvalue weighted by atomic mass is 32.2. The molecule has 0 aliphatic heterocycles. The Balaban J connectivity index is 1.76. The maximum Gasteiger partial charge on any atom is 0.273 e. The van der Waals surface area contributed by atoms with Gasteiger partial charge in [-0.25, -0.2) is 0 Å². The van der Waals surface area contributed by atoms with Gasteiger partial charge in [0, 0.05) is 35.3 Å². The summed E-state index contributed by atoms with van der Waals surface area (Å²) in [5.41, 5.74) is 4.96. The molecular formula is C22H19N5O2S. The number of pyridine rings is 1. The lowest BCUT2D eigenvalue weighted by Gasteiger charge is -2.12. The van der Waals surface area contributed by atoms with E-state index >= 15 is 0 Å². The molecule has 0 spiro atoms. The van der Waals surface area contributed by atoms with Crippen molar-refractivity contribution in [1.29, 1.82) is 0 Å². The molecule has 0 aliphatic rings. The average molecular weight is 417 g/mol. The van der Waals surface area contributed by atoms with Crippen LogP contribution in [0, 0.1) is 24.0 Å². The van der Waals surface area contributed by atoms with Gasteiger partial charge >= 0.3 is 0 Å². The molecule has 2 aromatic heterocycles. The molecule has 0 bridgehead atoms. The van der Waals surface area contributed by atoms with Crippen molar-refractivity contribution >= 4 is 17.4 Å². The third kappa shape index (κ3) is 3.95. The van der Waals surface area contributed by atoms with E-state index in [1.807, 2.05) is 22.8 Å². The normalized spacial score (nSPS) is 10.9. The highest BCUT2D eigenvalue weighted by Crippen LogP contribution is 2.32. The van der Waals surface area contributed by atoms with Gasteiger partial charge in [0.1, 0.15) is 0 Å². The Morgan fingerprint density at radius 2 is 1.77 bits per heavy atom. The summed E-state index contributed by atoms with van der Waals surface area (Å²) < 4.78 is 1.99. The lowest BCUT2D eigenvalue weighted by molar-refractivity contribution is -0.385. The van der Waals surface area contributed by atoms with Gasteiger partial charge in [0.05, 0.1) is 10.6 Å². The lowest BCUT2D eigenvalue weighted by Crippen LogP contribution is -2.01. The Kier molecular flexibility index (Phi) is 5.58. The predicted molar refractivity (Wildman–Crippen MR) is 117 cm³/mol. The third-order valence-electron chi connectivity index (χ3n) is 4.87. The number of benzene rings is 2. The monoisotopic (exact) mass is 417 g/mol. The summed E-state index contributed by atoms with van der Waals surface area (Å²) in [6, 6.07) is 16.7. The summed E-state index contributed by atoms with van der Waals surface area (Å²) in [4.78, 5) is 15.1. The molecule has 0 fully saturated rings. The highest BCUT2D eigenvalue weighted by molar-refractivity contribution is 7.98. The number of nitro groups is 1. The predicted octanol–water partition coefficient (Wildman–Crippen LogP) is 5.15. The van der Waals surface area contributed by atoms with E-state index in [9.17, 15) is 10.1 Å². The number of aryl methyl sites for hydroxylation is 2. The second-order valence-electron chi connectivity index (χ2n) is 6.82. The van der Waals surface area contributed by atoms with Gasteiger partial charge in [-0.1, -0.05) is 36.0 Å². The fraction of sp³-hybridized carbons (Fsp3) is 0.136. The van der Waals surface area contributed by atoms with Crippen molar-refractivity contribution in [3.05, 3.63) is 93.8 Å². The molecule has 2 heterocycles. The molecule has 0 aliphatic carbocycles. The van der Waals surface area contributed by atoms with Crippen LogP contribution in [0.25, 0.3) is 17.1 Å². The molecule has 0 saturated heterocycles. The fourth-order valence-corrected chi connectivity index (χ4v) is 4.05. The number of nitrogens with zero attached hydrogens (tertiary/aromatic N) is 5. The van der Waals surface area contributed by atoms with Gasteiger partial charge in [0.25, 0.3) is 5.69 Å². The van der Waals surface area contributed by atoms with E-state index < -0.39 is 0 Å². The summed E-state index contributed by atoms with van der Waals surface area (Å²) in [5, 5.41) is 20.8. The van der Waals surface area contributed by atoms with Gasteiger partial charge in [-0.15, -0.1) is 10.2 Å². The molecule has 4 rings (SSSR count). The van der Waals surface area contributed by atoms with E-state index in [2.05, 4.69) is 41.2 Å². The number of para-hydroxylation sites is 1. The smallest absolute Gasteiger partial charge is 0.270 e. The molecule has 0 saturated carbocycles. The molecule has 0 N–H and O–H groups in total. The van der Waals surface area contributed by atoms with E-state index in [1.54, 1.807) is 30.6 Å². The van der Waals surface area contributed by atoms with Gasteiger partial charge < -0.3 is 0 Å².